The van der Waals surface area contributed by atoms with E-state index in [0.29, 0.717) is 17.5 Å². The second-order valence-corrected chi connectivity index (χ2v) is 3.14. The molecule has 0 aliphatic rings. The Bertz CT molecular complexity index is 472. The largest absolute Gasteiger partial charge is 0.465 e. The van der Waals surface area contributed by atoms with E-state index in [1.807, 2.05) is 6.07 Å². The van der Waals surface area contributed by atoms with Gasteiger partial charge in [-0.3, -0.25) is 4.79 Å². The van der Waals surface area contributed by atoms with E-state index in [1.165, 1.54) is 25.3 Å². The van der Waals surface area contributed by atoms with Crippen molar-refractivity contribution in [1.82, 2.24) is 0 Å². The van der Waals surface area contributed by atoms with Crippen LogP contribution in [0.5, 0.6) is 0 Å². The molecule has 0 bridgehead atoms. The zero-order valence-electron chi connectivity index (χ0n) is 9.11. The highest BCUT2D eigenvalue weighted by Gasteiger charge is 2.16. The highest BCUT2D eigenvalue weighted by molar-refractivity contribution is 6.06. The molecule has 0 fully saturated rings. The number of nitrogens with zero attached hydrogens (tertiary/aromatic N) is 1. The van der Waals surface area contributed by atoms with Crippen molar-refractivity contribution in [2.75, 3.05) is 7.11 Å². The van der Waals surface area contributed by atoms with Gasteiger partial charge in [-0.15, -0.1) is 0 Å². The Morgan fingerprint density at radius 1 is 1.38 bits per heavy atom. The fraction of sp³-hybridized carbons (Fsp3) is 0.250. The molecule has 1 rings (SSSR count). The molecule has 0 radical (unpaired) electrons. The molecule has 0 N–H and O–H groups in total. The summed E-state index contributed by atoms with van der Waals surface area (Å²) in [6, 6.07) is 6.27. The van der Waals surface area contributed by atoms with Crippen LogP contribution in [0, 0.1) is 11.3 Å². The van der Waals surface area contributed by atoms with Gasteiger partial charge in [-0.2, -0.15) is 5.26 Å². The first-order valence-corrected chi connectivity index (χ1v) is 4.79. The molecule has 4 nitrogen and oxygen atoms in total. The number of ketones is 1. The summed E-state index contributed by atoms with van der Waals surface area (Å²) in [5, 5.41) is 8.72. The molecule has 0 spiro atoms. The summed E-state index contributed by atoms with van der Waals surface area (Å²) < 4.78 is 4.57. The molecule has 1 aromatic carbocycles. The minimum atomic E-state index is -0.603. The maximum absolute atomic E-state index is 11.6. The van der Waals surface area contributed by atoms with Gasteiger partial charge in [0.15, 0.2) is 5.78 Å². The van der Waals surface area contributed by atoms with Gasteiger partial charge in [0.25, 0.3) is 0 Å². The molecule has 0 amide bonds. The van der Waals surface area contributed by atoms with Crippen molar-refractivity contribution in [3.8, 4) is 6.07 Å². The van der Waals surface area contributed by atoms with E-state index >= 15 is 0 Å². The van der Waals surface area contributed by atoms with Crippen LogP contribution < -0.4 is 0 Å². The van der Waals surface area contributed by atoms with Crippen LogP contribution in [0.3, 0.4) is 0 Å². The minimum absolute atomic E-state index is 0.147. The first kappa shape index (κ1) is 11.9. The van der Waals surface area contributed by atoms with Gasteiger partial charge in [-0.1, -0.05) is 6.92 Å². The van der Waals surface area contributed by atoms with E-state index in [4.69, 9.17) is 5.26 Å². The van der Waals surface area contributed by atoms with Crippen molar-refractivity contribution in [2.24, 2.45) is 0 Å². The Balaban J connectivity index is 3.34. The monoisotopic (exact) mass is 217 g/mol. The lowest BCUT2D eigenvalue weighted by molar-refractivity contribution is 0.0597. The quantitative estimate of drug-likeness (QED) is 0.573. The number of carbonyl (C=O) groups excluding carboxylic acids is 2. The van der Waals surface area contributed by atoms with Crippen molar-refractivity contribution >= 4 is 11.8 Å². The van der Waals surface area contributed by atoms with Crippen LogP contribution in [0.2, 0.25) is 0 Å². The summed E-state index contributed by atoms with van der Waals surface area (Å²) in [6.45, 7) is 1.71. The van der Waals surface area contributed by atoms with E-state index in [1.54, 1.807) is 6.92 Å². The van der Waals surface area contributed by atoms with Gasteiger partial charge < -0.3 is 4.74 Å². The summed E-state index contributed by atoms with van der Waals surface area (Å²) in [7, 11) is 1.24. The number of Topliss-reactive ketones (excluding diaryl/α,β-unsaturated/α-hetero) is 1. The third-order valence-corrected chi connectivity index (χ3v) is 2.18. The highest BCUT2D eigenvalue weighted by Crippen LogP contribution is 2.15. The molecule has 1 aromatic rings. The van der Waals surface area contributed by atoms with Gasteiger partial charge in [-0.25, -0.2) is 4.79 Å². The van der Waals surface area contributed by atoms with E-state index in [9.17, 15) is 9.59 Å². The lowest BCUT2D eigenvalue weighted by Crippen LogP contribution is -2.10. The van der Waals surface area contributed by atoms with Crippen molar-refractivity contribution < 1.29 is 14.3 Å². The van der Waals surface area contributed by atoms with Crippen LogP contribution in [-0.4, -0.2) is 18.9 Å². The number of benzene rings is 1. The van der Waals surface area contributed by atoms with Crippen LogP contribution >= 0.6 is 0 Å². The number of hydrogen-bond donors (Lipinski definition) is 0. The maximum atomic E-state index is 11.6. The van der Waals surface area contributed by atoms with Crippen molar-refractivity contribution in [3.05, 3.63) is 34.9 Å². The number of ether oxygens (including phenoxy) is 1. The first-order valence-electron chi connectivity index (χ1n) is 4.79. The second kappa shape index (κ2) is 5.08. The molecule has 82 valence electrons. The highest BCUT2D eigenvalue weighted by atomic mass is 16.5. The average Bonchev–Trinajstić information content (AvgIpc) is 2.36. The topological polar surface area (TPSA) is 67.2 Å². The lowest BCUT2D eigenvalue weighted by atomic mass is 10.00. The molecule has 0 saturated heterocycles. The fourth-order valence-corrected chi connectivity index (χ4v) is 1.33. The molecule has 4 heteroatoms. The molecule has 0 aliphatic heterocycles. The van der Waals surface area contributed by atoms with Gasteiger partial charge in [-0.05, 0) is 18.2 Å². The van der Waals surface area contributed by atoms with Gasteiger partial charge in [0, 0.05) is 12.0 Å². The zero-order chi connectivity index (χ0) is 12.1. The summed E-state index contributed by atoms with van der Waals surface area (Å²) >= 11 is 0. The predicted molar refractivity (Wildman–Crippen MR) is 57.1 cm³/mol. The van der Waals surface area contributed by atoms with Crippen LogP contribution in [0.1, 0.15) is 39.6 Å². The summed E-state index contributed by atoms with van der Waals surface area (Å²) in [5.74, 6) is -0.751. The lowest BCUT2D eigenvalue weighted by Gasteiger charge is -2.06. The number of hydrogen-bond acceptors (Lipinski definition) is 4. The Kier molecular flexibility index (Phi) is 3.78. The summed E-state index contributed by atoms with van der Waals surface area (Å²) in [4.78, 5) is 23.0. The predicted octanol–water partition coefficient (Wildman–Crippen LogP) is 1.94. The molecule has 0 saturated carbocycles. The number of rotatable bonds is 3. The van der Waals surface area contributed by atoms with E-state index in [-0.39, 0.29) is 11.3 Å². The standard InChI is InChI=1S/C12H11NO3/c1-3-11(14)9-5-4-8(7-13)6-10(9)12(15)16-2/h4-6H,3H2,1-2H3. The smallest absolute Gasteiger partial charge is 0.338 e. The maximum Gasteiger partial charge on any atom is 0.338 e. The Morgan fingerprint density at radius 2 is 2.06 bits per heavy atom. The Morgan fingerprint density at radius 3 is 2.56 bits per heavy atom. The van der Waals surface area contributed by atoms with Crippen LogP contribution in [0.15, 0.2) is 18.2 Å². The molecule has 0 heterocycles. The normalized spacial score (nSPS) is 9.31. The fourth-order valence-electron chi connectivity index (χ4n) is 1.33. The number of nitriles is 1. The third kappa shape index (κ3) is 2.26. The van der Waals surface area contributed by atoms with Gasteiger partial charge in [0.2, 0.25) is 0 Å². The number of esters is 1. The summed E-state index contributed by atoms with van der Waals surface area (Å²) in [5.41, 5.74) is 0.773. The molecule has 16 heavy (non-hydrogen) atoms. The minimum Gasteiger partial charge on any atom is -0.465 e. The summed E-state index contributed by atoms with van der Waals surface area (Å²) in [6.07, 6.45) is 0.301. The Hall–Kier alpha value is -2.15. The van der Waals surface area contributed by atoms with E-state index < -0.39 is 5.97 Å². The van der Waals surface area contributed by atoms with Gasteiger partial charge >= 0.3 is 5.97 Å². The van der Waals surface area contributed by atoms with Gasteiger partial charge in [0.1, 0.15) is 0 Å². The Labute approximate surface area is 93.5 Å². The average molecular weight is 217 g/mol. The van der Waals surface area contributed by atoms with Crippen molar-refractivity contribution in [2.45, 2.75) is 13.3 Å². The van der Waals surface area contributed by atoms with Crippen molar-refractivity contribution in [3.63, 3.8) is 0 Å². The van der Waals surface area contributed by atoms with Gasteiger partial charge in [0.05, 0.1) is 24.3 Å². The molecule has 0 aromatic heterocycles. The van der Waals surface area contributed by atoms with E-state index in [0.717, 1.165) is 0 Å². The van der Waals surface area contributed by atoms with Crippen LogP contribution in [0.4, 0.5) is 0 Å². The third-order valence-electron chi connectivity index (χ3n) is 2.18. The second-order valence-electron chi connectivity index (χ2n) is 3.14. The molecule has 0 atom stereocenters. The first-order chi connectivity index (χ1) is 7.63. The number of methoxy groups -OCH3 is 1. The molecular formula is C12H11NO3. The van der Waals surface area contributed by atoms with Crippen LogP contribution in [0.25, 0.3) is 0 Å². The number of carbonyl (C=O) groups is 2. The SMILES string of the molecule is CCC(=O)c1ccc(C#N)cc1C(=O)OC. The van der Waals surface area contributed by atoms with Crippen LogP contribution in [-0.2, 0) is 4.74 Å². The molecule has 0 unspecified atom stereocenters. The molecule has 0 aliphatic carbocycles. The zero-order valence-corrected chi connectivity index (χ0v) is 9.11. The van der Waals surface area contributed by atoms with Crippen molar-refractivity contribution in [1.29, 1.82) is 5.26 Å². The van der Waals surface area contributed by atoms with E-state index in [2.05, 4.69) is 4.74 Å². The molecular weight excluding hydrogens is 206 g/mol.